The lowest BCUT2D eigenvalue weighted by Gasteiger charge is -2.33. The van der Waals surface area contributed by atoms with E-state index >= 15 is 0 Å². The molecule has 6 heteroatoms. The zero-order chi connectivity index (χ0) is 17.4. The topological polar surface area (TPSA) is 65.5 Å². The molecule has 0 radical (unpaired) electrons. The summed E-state index contributed by atoms with van der Waals surface area (Å²) in [4.78, 5) is 33.3. The van der Waals surface area contributed by atoms with Gasteiger partial charge in [-0.1, -0.05) is 0 Å². The van der Waals surface area contributed by atoms with Crippen molar-refractivity contribution in [2.45, 2.75) is 45.3 Å². The first-order chi connectivity index (χ1) is 11.4. The Hall–Kier alpha value is -1.95. The zero-order valence-corrected chi connectivity index (χ0v) is 14.8. The molecule has 0 spiro atoms. The number of pyridine rings is 1. The standard InChI is InChI=1S/C18H26N4O2/c1-11(2)22-15(17(23)19-4)7-14-9-21(10-16(14)22)18(24)13-6-5-12(3)20-8-13/h5-6,8,11,14-16H,7,9-10H2,1-4H3,(H,19,23)/t14-,15-,16+/m1/s1. The van der Waals surface area contributed by atoms with Crippen molar-refractivity contribution < 1.29 is 9.59 Å². The van der Waals surface area contributed by atoms with Crippen molar-refractivity contribution in [3.8, 4) is 0 Å². The molecule has 2 aliphatic heterocycles. The zero-order valence-electron chi connectivity index (χ0n) is 14.8. The third-order valence-corrected chi connectivity index (χ3v) is 5.27. The summed E-state index contributed by atoms with van der Waals surface area (Å²) in [5.41, 5.74) is 1.55. The van der Waals surface area contributed by atoms with E-state index in [0.717, 1.165) is 12.1 Å². The first-order valence-corrected chi connectivity index (χ1v) is 8.63. The lowest BCUT2D eigenvalue weighted by atomic mass is 10.0. The summed E-state index contributed by atoms with van der Waals surface area (Å²) >= 11 is 0. The average molecular weight is 330 g/mol. The summed E-state index contributed by atoms with van der Waals surface area (Å²) in [6.07, 6.45) is 2.47. The van der Waals surface area contributed by atoms with Gasteiger partial charge in [-0.2, -0.15) is 0 Å². The fourth-order valence-electron chi connectivity index (χ4n) is 4.16. The number of aromatic nitrogens is 1. The number of amides is 2. The minimum atomic E-state index is -0.0803. The Morgan fingerprint density at radius 1 is 1.29 bits per heavy atom. The molecule has 2 fully saturated rings. The van der Waals surface area contributed by atoms with E-state index in [-0.39, 0.29) is 29.9 Å². The Bertz CT molecular complexity index is 628. The number of likely N-dealkylation sites (tertiary alicyclic amines) is 2. The normalized spacial score (nSPS) is 26.7. The number of carbonyl (C=O) groups excluding carboxylic acids is 2. The summed E-state index contributed by atoms with van der Waals surface area (Å²) < 4.78 is 0. The van der Waals surface area contributed by atoms with Crippen molar-refractivity contribution in [3.63, 3.8) is 0 Å². The lowest BCUT2D eigenvalue weighted by molar-refractivity contribution is -0.126. The predicted molar refractivity (Wildman–Crippen MR) is 91.6 cm³/mol. The molecule has 1 aromatic rings. The molecule has 2 amide bonds. The molecule has 0 unspecified atom stereocenters. The van der Waals surface area contributed by atoms with E-state index in [0.29, 0.717) is 24.6 Å². The molecule has 3 atom stereocenters. The van der Waals surface area contributed by atoms with Crippen LogP contribution in [0.25, 0.3) is 0 Å². The summed E-state index contributed by atoms with van der Waals surface area (Å²) in [6, 6.07) is 4.16. The maximum atomic E-state index is 12.7. The predicted octanol–water partition coefficient (Wildman–Crippen LogP) is 1.06. The average Bonchev–Trinajstić information content (AvgIpc) is 3.11. The molecule has 0 aliphatic carbocycles. The van der Waals surface area contributed by atoms with Gasteiger partial charge in [-0.15, -0.1) is 0 Å². The number of likely N-dealkylation sites (N-methyl/N-ethyl adjacent to an activating group) is 1. The Morgan fingerprint density at radius 3 is 2.62 bits per heavy atom. The molecular weight excluding hydrogens is 304 g/mol. The molecule has 0 bridgehead atoms. The summed E-state index contributed by atoms with van der Waals surface area (Å²) in [7, 11) is 1.69. The second-order valence-corrected chi connectivity index (χ2v) is 7.13. The van der Waals surface area contributed by atoms with Gasteiger partial charge in [0.05, 0.1) is 11.6 Å². The van der Waals surface area contributed by atoms with E-state index in [2.05, 4.69) is 29.0 Å². The van der Waals surface area contributed by atoms with E-state index in [4.69, 9.17) is 0 Å². The molecule has 3 heterocycles. The summed E-state index contributed by atoms with van der Waals surface area (Å²) in [5.74, 6) is 0.480. The van der Waals surface area contributed by atoms with Crippen molar-refractivity contribution in [3.05, 3.63) is 29.6 Å². The first-order valence-electron chi connectivity index (χ1n) is 8.63. The number of carbonyl (C=O) groups is 2. The molecule has 6 nitrogen and oxygen atoms in total. The Morgan fingerprint density at radius 2 is 2.04 bits per heavy atom. The SMILES string of the molecule is CNC(=O)[C@H]1C[C@@H]2CN(C(=O)c3ccc(C)nc3)C[C@@H]2N1C(C)C. The Kier molecular flexibility index (Phi) is 4.58. The van der Waals surface area contributed by atoms with Crippen LogP contribution in [0.5, 0.6) is 0 Å². The van der Waals surface area contributed by atoms with E-state index < -0.39 is 0 Å². The number of hydrogen-bond donors (Lipinski definition) is 1. The van der Waals surface area contributed by atoms with Gasteiger partial charge in [0.1, 0.15) is 0 Å². The van der Waals surface area contributed by atoms with E-state index in [9.17, 15) is 9.59 Å². The molecule has 3 rings (SSSR count). The van der Waals surface area contributed by atoms with Crippen molar-refractivity contribution in [1.29, 1.82) is 0 Å². The maximum Gasteiger partial charge on any atom is 0.255 e. The van der Waals surface area contributed by atoms with Gasteiger partial charge in [-0.05, 0) is 45.2 Å². The van der Waals surface area contributed by atoms with Crippen molar-refractivity contribution >= 4 is 11.8 Å². The third kappa shape index (κ3) is 2.90. The van der Waals surface area contributed by atoms with Gasteiger partial charge in [-0.25, -0.2) is 0 Å². The van der Waals surface area contributed by atoms with Gasteiger partial charge in [0.2, 0.25) is 5.91 Å². The smallest absolute Gasteiger partial charge is 0.255 e. The van der Waals surface area contributed by atoms with Crippen molar-refractivity contribution in [2.24, 2.45) is 5.92 Å². The molecule has 1 N–H and O–H groups in total. The molecule has 0 saturated carbocycles. The second kappa shape index (κ2) is 6.51. The highest BCUT2D eigenvalue weighted by Crippen LogP contribution is 2.37. The van der Waals surface area contributed by atoms with Crippen molar-refractivity contribution in [2.75, 3.05) is 20.1 Å². The highest BCUT2D eigenvalue weighted by atomic mass is 16.2. The monoisotopic (exact) mass is 330 g/mol. The molecule has 1 aromatic heterocycles. The minimum Gasteiger partial charge on any atom is -0.358 e. The largest absolute Gasteiger partial charge is 0.358 e. The van der Waals surface area contributed by atoms with Gasteiger partial charge >= 0.3 is 0 Å². The highest BCUT2D eigenvalue weighted by molar-refractivity contribution is 5.94. The van der Waals surface area contributed by atoms with Crippen LogP contribution in [0.4, 0.5) is 0 Å². The molecule has 130 valence electrons. The van der Waals surface area contributed by atoms with Crippen LogP contribution >= 0.6 is 0 Å². The molecular formula is C18H26N4O2. The fraction of sp³-hybridized carbons (Fsp3) is 0.611. The third-order valence-electron chi connectivity index (χ3n) is 5.27. The number of nitrogens with zero attached hydrogens (tertiary/aromatic N) is 3. The molecule has 24 heavy (non-hydrogen) atoms. The van der Waals surface area contributed by atoms with Gasteiger partial charge in [0, 0.05) is 44.1 Å². The Balaban J connectivity index is 1.75. The number of nitrogens with one attached hydrogen (secondary N) is 1. The van der Waals surface area contributed by atoms with Crippen LogP contribution in [0.15, 0.2) is 18.3 Å². The van der Waals surface area contributed by atoms with Crippen LogP contribution < -0.4 is 5.32 Å². The molecule has 2 aliphatic rings. The van der Waals surface area contributed by atoms with E-state index in [1.54, 1.807) is 13.2 Å². The number of rotatable bonds is 3. The first kappa shape index (κ1) is 16.9. The number of hydrogen-bond acceptors (Lipinski definition) is 4. The number of fused-ring (bicyclic) bond motifs is 1. The molecule has 2 saturated heterocycles. The van der Waals surface area contributed by atoms with E-state index in [1.165, 1.54) is 0 Å². The van der Waals surface area contributed by atoms with Crippen molar-refractivity contribution in [1.82, 2.24) is 20.1 Å². The van der Waals surface area contributed by atoms with Crippen LogP contribution in [0.1, 0.15) is 36.3 Å². The lowest BCUT2D eigenvalue weighted by Crippen LogP contribution is -2.50. The fourth-order valence-corrected chi connectivity index (χ4v) is 4.16. The van der Waals surface area contributed by atoms with Crippen LogP contribution in [0, 0.1) is 12.8 Å². The maximum absolute atomic E-state index is 12.7. The quantitative estimate of drug-likeness (QED) is 0.900. The van der Waals surface area contributed by atoms with Gasteiger partial charge < -0.3 is 10.2 Å². The summed E-state index contributed by atoms with van der Waals surface area (Å²) in [6.45, 7) is 7.55. The summed E-state index contributed by atoms with van der Waals surface area (Å²) in [5, 5.41) is 2.78. The van der Waals surface area contributed by atoms with Crippen LogP contribution in [0.3, 0.4) is 0 Å². The number of aryl methyl sites for hydroxylation is 1. The highest BCUT2D eigenvalue weighted by Gasteiger charge is 2.50. The van der Waals surface area contributed by atoms with Crippen LogP contribution in [0.2, 0.25) is 0 Å². The van der Waals surface area contributed by atoms with Crippen LogP contribution in [-0.4, -0.2) is 64.9 Å². The minimum absolute atomic E-state index is 0.0390. The van der Waals surface area contributed by atoms with Gasteiger partial charge in [0.15, 0.2) is 0 Å². The van der Waals surface area contributed by atoms with Gasteiger partial charge in [0.25, 0.3) is 5.91 Å². The van der Waals surface area contributed by atoms with E-state index in [1.807, 2.05) is 24.0 Å². The van der Waals surface area contributed by atoms with Crippen LogP contribution in [-0.2, 0) is 4.79 Å². The molecule has 0 aromatic carbocycles. The Labute approximate surface area is 143 Å². The second-order valence-electron chi connectivity index (χ2n) is 7.13. The van der Waals surface area contributed by atoms with Gasteiger partial charge in [-0.3, -0.25) is 19.5 Å².